The number of phenolic OH excluding ortho intramolecular Hbond substituents is 1. The summed E-state index contributed by atoms with van der Waals surface area (Å²) in [5.41, 5.74) is 3.88. The quantitative estimate of drug-likeness (QED) is 0.722. The van der Waals surface area contributed by atoms with Crippen molar-refractivity contribution >= 4 is 0 Å². The van der Waals surface area contributed by atoms with Crippen molar-refractivity contribution in [3.63, 3.8) is 0 Å². The first-order chi connectivity index (χ1) is 6.68. The molecule has 3 heteroatoms. The third-order valence-electron chi connectivity index (χ3n) is 2.40. The van der Waals surface area contributed by atoms with Crippen LogP contribution in [0.25, 0.3) is 11.3 Å². The van der Waals surface area contributed by atoms with Crippen molar-refractivity contribution in [3.05, 3.63) is 35.5 Å². The normalized spacial score (nSPS) is 10.4. The van der Waals surface area contributed by atoms with Gasteiger partial charge in [0.15, 0.2) is 0 Å². The standard InChI is InChI=1S/C11H12N2O/c1-7-5-9(10-3-4-12-13-10)11(14)6-8(7)2/h3-6,14H,1-2H3,(H,12,13). The number of aryl methyl sites for hydroxylation is 2. The molecule has 1 heterocycles. The molecule has 0 bridgehead atoms. The number of phenols is 1. The molecule has 0 spiro atoms. The second-order valence-electron chi connectivity index (χ2n) is 3.42. The molecule has 72 valence electrons. The Morgan fingerprint density at radius 2 is 1.93 bits per heavy atom. The summed E-state index contributed by atoms with van der Waals surface area (Å²) in [5.74, 6) is 0.289. The maximum atomic E-state index is 9.74. The lowest BCUT2D eigenvalue weighted by molar-refractivity contribution is 0.476. The molecule has 0 aliphatic rings. The predicted octanol–water partition coefficient (Wildman–Crippen LogP) is 2.40. The van der Waals surface area contributed by atoms with Crippen LogP contribution in [-0.4, -0.2) is 15.3 Å². The van der Waals surface area contributed by atoms with Crippen LogP contribution >= 0.6 is 0 Å². The van der Waals surface area contributed by atoms with Crippen LogP contribution in [0.4, 0.5) is 0 Å². The Balaban J connectivity index is 2.60. The van der Waals surface area contributed by atoms with Gasteiger partial charge in [0.1, 0.15) is 5.75 Å². The van der Waals surface area contributed by atoms with Gasteiger partial charge in [0.05, 0.1) is 5.69 Å². The first-order valence-electron chi connectivity index (χ1n) is 4.48. The van der Waals surface area contributed by atoms with Gasteiger partial charge in [-0.1, -0.05) is 0 Å². The number of H-pyrrole nitrogens is 1. The number of nitrogens with one attached hydrogen (secondary N) is 1. The van der Waals surface area contributed by atoms with E-state index in [2.05, 4.69) is 10.2 Å². The van der Waals surface area contributed by atoms with Gasteiger partial charge in [-0.25, -0.2) is 0 Å². The van der Waals surface area contributed by atoms with E-state index in [0.29, 0.717) is 0 Å². The first kappa shape index (κ1) is 8.81. The van der Waals surface area contributed by atoms with Crippen LogP contribution in [0.3, 0.4) is 0 Å². The van der Waals surface area contributed by atoms with Gasteiger partial charge in [0.25, 0.3) is 0 Å². The summed E-state index contributed by atoms with van der Waals surface area (Å²) < 4.78 is 0. The van der Waals surface area contributed by atoms with E-state index >= 15 is 0 Å². The van der Waals surface area contributed by atoms with Crippen molar-refractivity contribution in [2.45, 2.75) is 13.8 Å². The van der Waals surface area contributed by atoms with Gasteiger partial charge in [-0.3, -0.25) is 5.10 Å². The van der Waals surface area contributed by atoms with E-state index < -0.39 is 0 Å². The average Bonchev–Trinajstić information content (AvgIpc) is 2.64. The fraction of sp³-hybridized carbons (Fsp3) is 0.182. The number of aromatic nitrogens is 2. The molecule has 1 aromatic heterocycles. The molecule has 0 radical (unpaired) electrons. The van der Waals surface area contributed by atoms with Crippen LogP contribution in [0.5, 0.6) is 5.75 Å². The molecule has 2 N–H and O–H groups in total. The molecule has 0 atom stereocenters. The lowest BCUT2D eigenvalue weighted by atomic mass is 10.0. The summed E-state index contributed by atoms with van der Waals surface area (Å²) >= 11 is 0. The van der Waals surface area contributed by atoms with Crippen LogP contribution in [0.2, 0.25) is 0 Å². The molecule has 2 aromatic rings. The minimum atomic E-state index is 0.289. The molecule has 0 saturated carbocycles. The molecule has 3 nitrogen and oxygen atoms in total. The Morgan fingerprint density at radius 3 is 2.57 bits per heavy atom. The van der Waals surface area contributed by atoms with Crippen molar-refractivity contribution in [2.75, 3.05) is 0 Å². The lowest BCUT2D eigenvalue weighted by Crippen LogP contribution is -1.85. The van der Waals surface area contributed by atoms with E-state index in [1.807, 2.05) is 26.0 Å². The van der Waals surface area contributed by atoms with Gasteiger partial charge in [-0.2, -0.15) is 5.10 Å². The molecule has 0 amide bonds. The second kappa shape index (κ2) is 3.18. The number of aromatic hydroxyl groups is 1. The molecule has 0 fully saturated rings. The van der Waals surface area contributed by atoms with Crippen molar-refractivity contribution < 1.29 is 5.11 Å². The molecule has 0 aliphatic carbocycles. The Bertz CT molecular complexity index is 447. The summed E-state index contributed by atoms with van der Waals surface area (Å²) in [5, 5.41) is 16.4. The number of aromatic amines is 1. The van der Waals surface area contributed by atoms with Crippen molar-refractivity contribution in [1.82, 2.24) is 10.2 Å². The van der Waals surface area contributed by atoms with E-state index in [1.54, 1.807) is 12.3 Å². The molecular formula is C11H12N2O. The Morgan fingerprint density at radius 1 is 1.21 bits per heavy atom. The molecule has 0 aliphatic heterocycles. The highest BCUT2D eigenvalue weighted by Crippen LogP contribution is 2.29. The summed E-state index contributed by atoms with van der Waals surface area (Å²) in [4.78, 5) is 0. The van der Waals surface area contributed by atoms with Crippen LogP contribution < -0.4 is 0 Å². The van der Waals surface area contributed by atoms with E-state index in [1.165, 1.54) is 0 Å². The monoisotopic (exact) mass is 188 g/mol. The maximum Gasteiger partial charge on any atom is 0.125 e. The number of hydrogen-bond donors (Lipinski definition) is 2. The number of nitrogens with zero attached hydrogens (tertiary/aromatic N) is 1. The smallest absolute Gasteiger partial charge is 0.125 e. The fourth-order valence-corrected chi connectivity index (χ4v) is 1.42. The maximum absolute atomic E-state index is 9.74. The van der Waals surface area contributed by atoms with Crippen molar-refractivity contribution in [3.8, 4) is 17.0 Å². The zero-order valence-corrected chi connectivity index (χ0v) is 8.20. The van der Waals surface area contributed by atoms with Gasteiger partial charge < -0.3 is 5.11 Å². The first-order valence-corrected chi connectivity index (χ1v) is 4.48. The summed E-state index contributed by atoms with van der Waals surface area (Å²) in [6, 6.07) is 5.56. The third-order valence-corrected chi connectivity index (χ3v) is 2.40. The highest BCUT2D eigenvalue weighted by Gasteiger charge is 2.07. The average molecular weight is 188 g/mol. The third kappa shape index (κ3) is 1.37. The molecule has 14 heavy (non-hydrogen) atoms. The molecule has 1 aromatic carbocycles. The van der Waals surface area contributed by atoms with Crippen molar-refractivity contribution in [2.24, 2.45) is 0 Å². The van der Waals surface area contributed by atoms with E-state index in [-0.39, 0.29) is 5.75 Å². The summed E-state index contributed by atoms with van der Waals surface area (Å²) in [7, 11) is 0. The van der Waals surface area contributed by atoms with Crippen LogP contribution in [0.15, 0.2) is 24.4 Å². The van der Waals surface area contributed by atoms with Crippen LogP contribution in [0.1, 0.15) is 11.1 Å². The SMILES string of the molecule is Cc1cc(O)c(-c2ccn[nH]2)cc1C. The highest BCUT2D eigenvalue weighted by molar-refractivity contribution is 5.68. The topological polar surface area (TPSA) is 48.9 Å². The van der Waals surface area contributed by atoms with Crippen LogP contribution in [0, 0.1) is 13.8 Å². The minimum Gasteiger partial charge on any atom is -0.507 e. The zero-order valence-electron chi connectivity index (χ0n) is 8.20. The fourth-order valence-electron chi connectivity index (χ4n) is 1.42. The molecule has 0 saturated heterocycles. The molecular weight excluding hydrogens is 176 g/mol. The lowest BCUT2D eigenvalue weighted by Gasteiger charge is -2.06. The predicted molar refractivity (Wildman–Crippen MR) is 55.2 cm³/mol. The second-order valence-corrected chi connectivity index (χ2v) is 3.42. The molecule has 2 rings (SSSR count). The van der Waals surface area contributed by atoms with Gasteiger partial charge in [-0.15, -0.1) is 0 Å². The summed E-state index contributed by atoms with van der Waals surface area (Å²) in [6.45, 7) is 4.00. The molecule has 0 unspecified atom stereocenters. The van der Waals surface area contributed by atoms with E-state index in [4.69, 9.17) is 0 Å². The number of hydrogen-bond acceptors (Lipinski definition) is 2. The highest BCUT2D eigenvalue weighted by atomic mass is 16.3. The van der Waals surface area contributed by atoms with Gasteiger partial charge >= 0.3 is 0 Å². The Kier molecular flexibility index (Phi) is 2.00. The van der Waals surface area contributed by atoms with Crippen LogP contribution in [-0.2, 0) is 0 Å². The Labute approximate surface area is 82.4 Å². The van der Waals surface area contributed by atoms with Gasteiger partial charge in [-0.05, 0) is 43.2 Å². The number of benzene rings is 1. The van der Waals surface area contributed by atoms with Crippen molar-refractivity contribution in [1.29, 1.82) is 0 Å². The minimum absolute atomic E-state index is 0.289. The van der Waals surface area contributed by atoms with E-state index in [9.17, 15) is 5.11 Å². The van der Waals surface area contributed by atoms with Gasteiger partial charge in [0, 0.05) is 11.8 Å². The largest absolute Gasteiger partial charge is 0.507 e. The summed E-state index contributed by atoms with van der Waals surface area (Å²) in [6.07, 6.45) is 1.67. The van der Waals surface area contributed by atoms with E-state index in [0.717, 1.165) is 22.4 Å². The number of rotatable bonds is 1. The zero-order chi connectivity index (χ0) is 10.1. The van der Waals surface area contributed by atoms with Gasteiger partial charge in [0.2, 0.25) is 0 Å². The Hall–Kier alpha value is -1.77.